The average molecular weight is 344 g/mol. The number of hydrogen-bond donors (Lipinski definition) is 1. The molecule has 0 radical (unpaired) electrons. The molecular weight excluding hydrogens is 328 g/mol. The first-order valence-electron chi connectivity index (χ1n) is 7.57. The molecule has 8 nitrogen and oxygen atoms in total. The number of benzene rings is 2. The van der Waals surface area contributed by atoms with Crippen molar-refractivity contribution in [2.24, 2.45) is 0 Å². The molecule has 2 aromatic carbocycles. The molecule has 25 heavy (non-hydrogen) atoms. The summed E-state index contributed by atoms with van der Waals surface area (Å²) in [5, 5.41) is 13.9. The third kappa shape index (κ3) is 3.63. The zero-order chi connectivity index (χ0) is 17.8. The Kier molecular flexibility index (Phi) is 4.69. The van der Waals surface area contributed by atoms with Crippen LogP contribution in [0.1, 0.15) is 15.9 Å². The zero-order valence-electron chi connectivity index (χ0n) is 13.5. The predicted octanol–water partition coefficient (Wildman–Crippen LogP) is 2.30. The van der Waals surface area contributed by atoms with Crippen LogP contribution < -0.4 is 19.5 Å². The summed E-state index contributed by atoms with van der Waals surface area (Å²) in [6.45, 7) is 0.325. The summed E-state index contributed by atoms with van der Waals surface area (Å²) in [7, 11) is 1.59. The van der Waals surface area contributed by atoms with Crippen molar-refractivity contribution in [3.8, 4) is 17.2 Å². The van der Waals surface area contributed by atoms with Gasteiger partial charge in [0, 0.05) is 12.6 Å². The molecule has 0 saturated heterocycles. The van der Waals surface area contributed by atoms with E-state index in [1.807, 2.05) is 24.3 Å². The topological polar surface area (TPSA) is 99.9 Å². The largest absolute Gasteiger partial charge is 0.497 e. The van der Waals surface area contributed by atoms with E-state index < -0.39 is 10.8 Å². The van der Waals surface area contributed by atoms with Crippen LogP contribution >= 0.6 is 0 Å². The van der Waals surface area contributed by atoms with E-state index in [-0.39, 0.29) is 23.8 Å². The van der Waals surface area contributed by atoms with E-state index in [4.69, 9.17) is 14.2 Å². The van der Waals surface area contributed by atoms with Gasteiger partial charge < -0.3 is 19.5 Å². The number of carbonyl (C=O) groups is 1. The standard InChI is InChI=1S/C17H16N2O6/c1-23-12-4-2-11(3-5-12)6-7-18-17(20)13-8-15-16(25-10-24-15)9-14(13)19(21)22/h2-5,8-9H,6-7,10H2,1H3,(H,18,20). The number of nitro groups is 1. The van der Waals surface area contributed by atoms with Crippen LogP contribution in [-0.4, -0.2) is 31.3 Å². The Morgan fingerprint density at radius 1 is 1.24 bits per heavy atom. The molecule has 1 N–H and O–H groups in total. The summed E-state index contributed by atoms with van der Waals surface area (Å²) >= 11 is 0. The van der Waals surface area contributed by atoms with Gasteiger partial charge in [-0.1, -0.05) is 12.1 Å². The first-order chi connectivity index (χ1) is 12.1. The van der Waals surface area contributed by atoms with Gasteiger partial charge >= 0.3 is 0 Å². The van der Waals surface area contributed by atoms with E-state index in [0.717, 1.165) is 11.3 Å². The second kappa shape index (κ2) is 7.08. The molecule has 0 aromatic heterocycles. The number of nitrogens with one attached hydrogen (secondary N) is 1. The van der Waals surface area contributed by atoms with Crippen molar-refractivity contribution in [1.82, 2.24) is 5.32 Å². The minimum Gasteiger partial charge on any atom is -0.497 e. The Morgan fingerprint density at radius 3 is 2.56 bits per heavy atom. The molecule has 0 spiro atoms. The van der Waals surface area contributed by atoms with Gasteiger partial charge in [0.2, 0.25) is 6.79 Å². The van der Waals surface area contributed by atoms with Gasteiger partial charge in [-0.05, 0) is 24.1 Å². The lowest BCUT2D eigenvalue weighted by Gasteiger charge is -2.07. The number of rotatable bonds is 6. The van der Waals surface area contributed by atoms with Crippen LogP contribution in [0, 0.1) is 10.1 Å². The third-order valence-electron chi connectivity index (χ3n) is 3.79. The number of nitrogens with zero attached hydrogens (tertiary/aromatic N) is 1. The normalized spacial score (nSPS) is 11.9. The summed E-state index contributed by atoms with van der Waals surface area (Å²) in [5.74, 6) is 0.815. The number of nitro benzene ring substituents is 1. The van der Waals surface area contributed by atoms with Crippen LogP contribution in [0.25, 0.3) is 0 Å². The molecule has 0 bridgehead atoms. The molecule has 8 heteroatoms. The smallest absolute Gasteiger partial charge is 0.286 e. The minimum absolute atomic E-state index is 0.0188. The van der Waals surface area contributed by atoms with Gasteiger partial charge in [0.1, 0.15) is 11.3 Å². The summed E-state index contributed by atoms with van der Waals surface area (Å²) in [5.41, 5.74) is 0.650. The van der Waals surface area contributed by atoms with Crippen LogP contribution in [0.5, 0.6) is 17.2 Å². The van der Waals surface area contributed by atoms with E-state index in [1.54, 1.807) is 7.11 Å². The Morgan fingerprint density at radius 2 is 1.92 bits per heavy atom. The fourth-order valence-corrected chi connectivity index (χ4v) is 2.47. The highest BCUT2D eigenvalue weighted by Crippen LogP contribution is 2.37. The van der Waals surface area contributed by atoms with E-state index in [2.05, 4.69) is 5.32 Å². The van der Waals surface area contributed by atoms with Crippen molar-refractivity contribution >= 4 is 11.6 Å². The second-order valence-corrected chi connectivity index (χ2v) is 5.33. The first kappa shape index (κ1) is 16.6. The SMILES string of the molecule is COc1ccc(CCNC(=O)c2cc3c(cc2[N+](=O)[O-])OCO3)cc1. The van der Waals surface area contributed by atoms with E-state index >= 15 is 0 Å². The number of carbonyl (C=O) groups excluding carboxylic acids is 1. The lowest BCUT2D eigenvalue weighted by molar-refractivity contribution is -0.385. The highest BCUT2D eigenvalue weighted by atomic mass is 16.7. The van der Waals surface area contributed by atoms with E-state index in [1.165, 1.54) is 12.1 Å². The van der Waals surface area contributed by atoms with Crippen molar-refractivity contribution in [3.63, 3.8) is 0 Å². The molecule has 3 rings (SSSR count). The van der Waals surface area contributed by atoms with Crippen LogP contribution in [0.4, 0.5) is 5.69 Å². The molecule has 1 heterocycles. The highest BCUT2D eigenvalue weighted by Gasteiger charge is 2.27. The van der Waals surface area contributed by atoms with Crippen molar-refractivity contribution in [3.05, 3.63) is 57.6 Å². The van der Waals surface area contributed by atoms with Crippen molar-refractivity contribution < 1.29 is 23.9 Å². The molecule has 130 valence electrons. The van der Waals surface area contributed by atoms with E-state index in [9.17, 15) is 14.9 Å². The number of ether oxygens (including phenoxy) is 3. The molecular formula is C17H16N2O6. The number of hydrogen-bond acceptors (Lipinski definition) is 6. The highest BCUT2D eigenvalue weighted by molar-refractivity contribution is 5.99. The maximum atomic E-state index is 12.3. The molecule has 2 aromatic rings. The number of methoxy groups -OCH3 is 1. The molecule has 1 amide bonds. The lowest BCUT2D eigenvalue weighted by atomic mass is 10.1. The van der Waals surface area contributed by atoms with Gasteiger partial charge in [-0.3, -0.25) is 14.9 Å². The molecule has 0 fully saturated rings. The predicted molar refractivity (Wildman–Crippen MR) is 88.3 cm³/mol. The molecule has 0 atom stereocenters. The first-order valence-corrected chi connectivity index (χ1v) is 7.57. The van der Waals surface area contributed by atoms with Gasteiger partial charge in [0.25, 0.3) is 11.6 Å². The maximum Gasteiger partial charge on any atom is 0.286 e. The molecule has 0 unspecified atom stereocenters. The Labute approximate surface area is 143 Å². The Bertz CT molecular complexity index is 804. The second-order valence-electron chi connectivity index (χ2n) is 5.33. The monoisotopic (exact) mass is 344 g/mol. The van der Waals surface area contributed by atoms with Gasteiger partial charge in [-0.25, -0.2) is 0 Å². The zero-order valence-corrected chi connectivity index (χ0v) is 13.5. The Balaban J connectivity index is 1.67. The lowest BCUT2D eigenvalue weighted by Crippen LogP contribution is -2.26. The van der Waals surface area contributed by atoms with Crippen LogP contribution in [-0.2, 0) is 6.42 Å². The quantitative estimate of drug-likeness (QED) is 0.637. The van der Waals surface area contributed by atoms with Crippen molar-refractivity contribution in [2.75, 3.05) is 20.4 Å². The molecule has 0 saturated carbocycles. The van der Waals surface area contributed by atoms with Gasteiger partial charge in [0.05, 0.1) is 18.1 Å². The molecule has 1 aliphatic rings. The molecule has 1 aliphatic heterocycles. The van der Waals surface area contributed by atoms with Crippen molar-refractivity contribution in [2.45, 2.75) is 6.42 Å². The summed E-state index contributed by atoms with van der Waals surface area (Å²) in [4.78, 5) is 22.9. The van der Waals surface area contributed by atoms with Gasteiger partial charge in [0.15, 0.2) is 11.5 Å². The van der Waals surface area contributed by atoms with Gasteiger partial charge in [-0.15, -0.1) is 0 Å². The van der Waals surface area contributed by atoms with Crippen LogP contribution in [0.3, 0.4) is 0 Å². The summed E-state index contributed by atoms with van der Waals surface area (Å²) in [6.07, 6.45) is 0.591. The summed E-state index contributed by atoms with van der Waals surface area (Å²) in [6, 6.07) is 10.0. The van der Waals surface area contributed by atoms with Crippen molar-refractivity contribution in [1.29, 1.82) is 0 Å². The average Bonchev–Trinajstić information content (AvgIpc) is 3.08. The molecule has 0 aliphatic carbocycles. The maximum absolute atomic E-state index is 12.3. The third-order valence-corrected chi connectivity index (χ3v) is 3.79. The Hall–Kier alpha value is -3.29. The number of fused-ring (bicyclic) bond motifs is 1. The van der Waals surface area contributed by atoms with Crippen LogP contribution in [0.15, 0.2) is 36.4 Å². The van der Waals surface area contributed by atoms with Gasteiger partial charge in [-0.2, -0.15) is 0 Å². The van der Waals surface area contributed by atoms with E-state index in [0.29, 0.717) is 18.7 Å². The number of amides is 1. The summed E-state index contributed by atoms with van der Waals surface area (Å²) < 4.78 is 15.4. The van der Waals surface area contributed by atoms with Crippen LogP contribution in [0.2, 0.25) is 0 Å². The fraction of sp³-hybridized carbons (Fsp3) is 0.235. The fourth-order valence-electron chi connectivity index (χ4n) is 2.47. The minimum atomic E-state index is -0.611.